The first kappa shape index (κ1) is 30.2. The summed E-state index contributed by atoms with van der Waals surface area (Å²) in [5.41, 5.74) is 1.63. The van der Waals surface area contributed by atoms with Crippen molar-refractivity contribution in [3.8, 4) is 11.5 Å². The van der Waals surface area contributed by atoms with Crippen LogP contribution in [0.3, 0.4) is 0 Å². The number of benzene rings is 2. The second kappa shape index (κ2) is 12.9. The van der Waals surface area contributed by atoms with Crippen LogP contribution in [-0.4, -0.2) is 67.8 Å². The van der Waals surface area contributed by atoms with Crippen LogP contribution < -0.4 is 25.0 Å². The van der Waals surface area contributed by atoms with Crippen molar-refractivity contribution in [2.75, 3.05) is 62.5 Å². The van der Waals surface area contributed by atoms with Crippen LogP contribution in [0.2, 0.25) is 0 Å². The number of likely N-dealkylation sites (N-methyl/N-ethyl adjacent to an activating group) is 1. The van der Waals surface area contributed by atoms with Crippen LogP contribution in [0.5, 0.6) is 11.5 Å². The molecule has 0 bridgehead atoms. The lowest BCUT2D eigenvalue weighted by Crippen LogP contribution is -2.46. The van der Waals surface area contributed by atoms with E-state index in [1.807, 2.05) is 18.2 Å². The first-order chi connectivity index (χ1) is 20.8. The van der Waals surface area contributed by atoms with Gasteiger partial charge in [0.25, 0.3) is 0 Å². The van der Waals surface area contributed by atoms with Gasteiger partial charge < -0.3 is 35.0 Å². The molecule has 12 heteroatoms. The Kier molecular flexibility index (Phi) is 9.09. The van der Waals surface area contributed by atoms with Gasteiger partial charge in [0.2, 0.25) is 5.91 Å². The number of methoxy groups -OCH3 is 2. The Morgan fingerprint density at radius 1 is 1.09 bits per heavy atom. The summed E-state index contributed by atoms with van der Waals surface area (Å²) in [4.78, 5) is 21.7. The van der Waals surface area contributed by atoms with Crippen molar-refractivity contribution >= 4 is 50.2 Å². The number of amides is 1. The summed E-state index contributed by atoms with van der Waals surface area (Å²) in [6.07, 6.45) is 1.22. The molecule has 1 atom stereocenters. The number of carbonyl (C=O) groups excluding carboxylic acids is 1. The minimum atomic E-state index is -1.61. The van der Waals surface area contributed by atoms with Gasteiger partial charge in [-0.05, 0) is 48.3 Å². The number of pyridine rings is 1. The molecule has 0 radical (unpaired) electrons. The fraction of sp³-hybridized carbons (Fsp3) is 0.290. The quantitative estimate of drug-likeness (QED) is 0.198. The molecule has 1 amide bonds. The van der Waals surface area contributed by atoms with Crippen LogP contribution in [-0.2, 0) is 4.79 Å². The van der Waals surface area contributed by atoms with Crippen LogP contribution in [0.4, 0.5) is 31.7 Å². The fourth-order valence-corrected chi connectivity index (χ4v) is 6.05. The van der Waals surface area contributed by atoms with E-state index in [9.17, 15) is 9.90 Å². The highest BCUT2D eigenvalue weighted by molar-refractivity contribution is 7.19. The van der Waals surface area contributed by atoms with Gasteiger partial charge in [0, 0.05) is 49.0 Å². The predicted molar refractivity (Wildman–Crippen MR) is 166 cm³/mol. The molecule has 4 aromatic rings. The Labute approximate surface area is 252 Å². The Morgan fingerprint density at radius 2 is 1.79 bits per heavy atom. The van der Waals surface area contributed by atoms with Gasteiger partial charge in [0.1, 0.15) is 11.9 Å². The van der Waals surface area contributed by atoms with E-state index >= 15 is 8.78 Å². The second-order valence-corrected chi connectivity index (χ2v) is 11.1. The number of ether oxygens (including phenoxy) is 2. The van der Waals surface area contributed by atoms with Crippen molar-refractivity contribution in [3.63, 3.8) is 0 Å². The maximum atomic E-state index is 15.0. The molecule has 43 heavy (non-hydrogen) atoms. The highest BCUT2D eigenvalue weighted by Crippen LogP contribution is 2.41. The summed E-state index contributed by atoms with van der Waals surface area (Å²) in [6, 6.07) is 10.3. The number of aromatic nitrogens is 1. The van der Waals surface area contributed by atoms with E-state index in [4.69, 9.17) is 9.47 Å². The molecular weight excluding hydrogens is 576 g/mol. The fourth-order valence-electron chi connectivity index (χ4n) is 5.04. The zero-order valence-corrected chi connectivity index (χ0v) is 24.9. The third-order valence-corrected chi connectivity index (χ3v) is 8.61. The van der Waals surface area contributed by atoms with Gasteiger partial charge in [-0.3, -0.25) is 4.79 Å². The van der Waals surface area contributed by atoms with Crippen LogP contribution >= 0.6 is 11.3 Å². The number of aliphatic hydroxyl groups excluding tert-OH is 1. The molecule has 1 aliphatic heterocycles. The number of fused-ring (bicyclic) bond motifs is 1. The van der Waals surface area contributed by atoms with Crippen molar-refractivity contribution < 1.29 is 28.2 Å². The van der Waals surface area contributed by atoms with Gasteiger partial charge in [-0.1, -0.05) is 13.5 Å². The monoisotopic (exact) mass is 609 g/mol. The van der Waals surface area contributed by atoms with E-state index in [0.29, 0.717) is 32.2 Å². The molecule has 1 unspecified atom stereocenters. The van der Waals surface area contributed by atoms with Crippen LogP contribution in [0.25, 0.3) is 10.1 Å². The first-order valence-corrected chi connectivity index (χ1v) is 14.6. The highest BCUT2D eigenvalue weighted by Gasteiger charge is 2.28. The number of rotatable bonds is 10. The van der Waals surface area contributed by atoms with Gasteiger partial charge in [-0.25, -0.2) is 13.8 Å². The summed E-state index contributed by atoms with van der Waals surface area (Å²) >= 11 is 1.16. The van der Waals surface area contributed by atoms with Crippen LogP contribution in [0, 0.1) is 11.6 Å². The lowest BCUT2D eigenvalue weighted by atomic mass is 10.0. The van der Waals surface area contributed by atoms with Crippen molar-refractivity contribution in [2.24, 2.45) is 0 Å². The van der Waals surface area contributed by atoms with E-state index in [-0.39, 0.29) is 17.4 Å². The number of anilines is 4. The van der Waals surface area contributed by atoms with Gasteiger partial charge in [0.15, 0.2) is 23.1 Å². The minimum Gasteiger partial charge on any atom is -0.494 e. The third-order valence-electron chi connectivity index (χ3n) is 7.47. The van der Waals surface area contributed by atoms with E-state index in [1.54, 1.807) is 18.3 Å². The number of carbonyl (C=O) groups is 1. The minimum absolute atomic E-state index is 0.241. The number of aliphatic hydroxyl groups is 1. The third kappa shape index (κ3) is 6.26. The second-order valence-electron chi connectivity index (χ2n) is 9.95. The Balaban J connectivity index is 1.43. The molecule has 1 aliphatic rings. The normalized spacial score (nSPS) is 14.4. The Bertz CT molecular complexity index is 1630. The van der Waals surface area contributed by atoms with E-state index in [1.165, 1.54) is 20.3 Å². The largest absolute Gasteiger partial charge is 0.494 e. The van der Waals surface area contributed by atoms with Crippen LogP contribution in [0.1, 0.15) is 23.5 Å². The molecule has 9 nitrogen and oxygen atoms in total. The van der Waals surface area contributed by atoms with Crippen molar-refractivity contribution in [2.45, 2.75) is 13.0 Å². The average Bonchev–Trinajstić information content (AvgIpc) is 3.45. The molecule has 2 aromatic heterocycles. The predicted octanol–water partition coefficient (Wildman–Crippen LogP) is 5.68. The lowest BCUT2D eigenvalue weighted by molar-refractivity contribution is -0.111. The maximum Gasteiger partial charge on any atom is 0.247 e. The van der Waals surface area contributed by atoms with Gasteiger partial charge in [0.05, 0.1) is 35.9 Å². The maximum absolute atomic E-state index is 15.0. The number of nitrogens with zero attached hydrogens (tertiary/aromatic N) is 3. The SMILES string of the molecule is C=CC(=O)Nc1cc(N2CCN(CC)CC2)ccc1Nc1cc2cc(C(O)c3c(F)c(OC)cc(OC)c3F)sc2cn1. The number of hydrogen-bond donors (Lipinski definition) is 3. The Hall–Kier alpha value is -4.26. The smallest absolute Gasteiger partial charge is 0.247 e. The van der Waals surface area contributed by atoms with E-state index in [0.717, 1.165) is 55.8 Å². The summed E-state index contributed by atoms with van der Waals surface area (Å²) in [7, 11) is 2.50. The summed E-state index contributed by atoms with van der Waals surface area (Å²) < 4.78 is 40.8. The number of halogens is 2. The highest BCUT2D eigenvalue weighted by atomic mass is 32.1. The molecule has 1 fully saturated rings. The van der Waals surface area contributed by atoms with E-state index < -0.39 is 23.3 Å². The van der Waals surface area contributed by atoms with Gasteiger partial charge >= 0.3 is 0 Å². The number of piperazine rings is 1. The van der Waals surface area contributed by atoms with Gasteiger partial charge in [-0.2, -0.15) is 0 Å². The topological polar surface area (TPSA) is 99.2 Å². The molecule has 5 rings (SSSR count). The molecule has 3 N–H and O–H groups in total. The summed E-state index contributed by atoms with van der Waals surface area (Å²) in [5, 5.41) is 17.9. The number of hydrogen-bond acceptors (Lipinski definition) is 9. The van der Waals surface area contributed by atoms with Crippen molar-refractivity contribution in [1.29, 1.82) is 0 Å². The Morgan fingerprint density at radius 3 is 2.42 bits per heavy atom. The summed E-state index contributed by atoms with van der Waals surface area (Å²) in [5.74, 6) is -2.35. The zero-order chi connectivity index (χ0) is 30.7. The van der Waals surface area contributed by atoms with Crippen LogP contribution in [0.15, 0.2) is 55.3 Å². The molecule has 3 heterocycles. The molecule has 226 valence electrons. The number of nitrogens with one attached hydrogen (secondary N) is 2. The average molecular weight is 610 g/mol. The van der Waals surface area contributed by atoms with Crippen molar-refractivity contribution in [3.05, 3.63) is 77.3 Å². The summed E-state index contributed by atoms with van der Waals surface area (Å²) in [6.45, 7) is 10.4. The molecule has 0 aliphatic carbocycles. The molecular formula is C31H33F2N5O4S. The first-order valence-electron chi connectivity index (χ1n) is 13.7. The zero-order valence-electron chi connectivity index (χ0n) is 24.1. The lowest BCUT2D eigenvalue weighted by Gasteiger charge is -2.35. The molecule has 0 spiro atoms. The molecule has 0 saturated carbocycles. The van der Waals surface area contributed by atoms with E-state index in [2.05, 4.69) is 38.9 Å². The molecule has 2 aromatic carbocycles. The van der Waals surface area contributed by atoms with Crippen molar-refractivity contribution in [1.82, 2.24) is 9.88 Å². The van der Waals surface area contributed by atoms with Gasteiger partial charge in [-0.15, -0.1) is 11.3 Å². The number of thiophene rings is 1. The molecule has 1 saturated heterocycles. The standard InChI is InChI=1S/C31H33F2N5O4S/c1-5-27(39)36-21-15-19(38-11-9-37(6-2)10-12-38)7-8-20(21)35-26-14-18-13-24(43-25(18)17-34-26)31(40)28-29(32)22(41-3)16-23(42-4)30(28)33/h5,7-8,13-17,31,40H,1,6,9-12H2,2-4H3,(H,34,35)(H,36,39).